The summed E-state index contributed by atoms with van der Waals surface area (Å²) >= 11 is 1.37. The minimum atomic E-state index is -0.0719. The summed E-state index contributed by atoms with van der Waals surface area (Å²) in [6.07, 6.45) is 0. The number of carbonyl (C=O) groups excluding carboxylic acids is 1. The van der Waals surface area contributed by atoms with Crippen molar-refractivity contribution in [1.29, 1.82) is 5.26 Å². The summed E-state index contributed by atoms with van der Waals surface area (Å²) in [5.41, 5.74) is 1.72. The highest BCUT2D eigenvalue weighted by Crippen LogP contribution is 2.21. The maximum atomic E-state index is 11.9. The zero-order valence-electron chi connectivity index (χ0n) is 11.2. The molecule has 1 unspecified atom stereocenters. The van der Waals surface area contributed by atoms with Gasteiger partial charge in [-0.2, -0.15) is 5.26 Å². The Kier molecular flexibility index (Phi) is 4.88. The Balaban J connectivity index is 1.87. The fourth-order valence-electron chi connectivity index (χ4n) is 1.95. The van der Waals surface area contributed by atoms with Crippen LogP contribution in [0, 0.1) is 11.3 Å². The van der Waals surface area contributed by atoms with E-state index in [9.17, 15) is 4.79 Å². The van der Waals surface area contributed by atoms with E-state index < -0.39 is 0 Å². The lowest BCUT2D eigenvalue weighted by molar-refractivity contribution is -0.885. The predicted octanol–water partition coefficient (Wildman–Crippen LogP) is 1.27. The van der Waals surface area contributed by atoms with Crippen molar-refractivity contribution in [3.8, 4) is 6.07 Å². The van der Waals surface area contributed by atoms with E-state index in [-0.39, 0.29) is 5.91 Å². The van der Waals surface area contributed by atoms with E-state index in [1.165, 1.54) is 16.9 Å². The highest BCUT2D eigenvalue weighted by Gasteiger charge is 2.13. The molecule has 1 aromatic heterocycles. The smallest absolute Gasteiger partial charge is 0.280 e. The van der Waals surface area contributed by atoms with Gasteiger partial charge in [-0.25, -0.2) is 0 Å². The number of anilines is 1. The first kappa shape index (κ1) is 14.3. The largest absolute Gasteiger partial charge is 0.326 e. The van der Waals surface area contributed by atoms with Crippen molar-refractivity contribution in [3.05, 3.63) is 52.9 Å². The van der Waals surface area contributed by atoms with Crippen LogP contribution in [0.15, 0.2) is 41.8 Å². The fraction of sp³-hybridized carbons (Fsp3) is 0.200. The predicted molar refractivity (Wildman–Crippen MR) is 79.6 cm³/mol. The third-order valence-electron chi connectivity index (χ3n) is 2.85. The summed E-state index contributed by atoms with van der Waals surface area (Å²) in [6, 6.07) is 13.8. The topological polar surface area (TPSA) is 57.3 Å². The molecule has 2 aromatic rings. The molecule has 0 bridgehead atoms. The van der Waals surface area contributed by atoms with Gasteiger partial charge in [0.1, 0.15) is 17.6 Å². The monoisotopic (exact) mass is 286 g/mol. The molecule has 0 saturated heterocycles. The van der Waals surface area contributed by atoms with Crippen molar-refractivity contribution in [2.75, 3.05) is 18.9 Å². The summed E-state index contributed by atoms with van der Waals surface area (Å²) in [7, 11) is 1.98. The Labute approximate surface area is 122 Å². The maximum Gasteiger partial charge on any atom is 0.280 e. The zero-order chi connectivity index (χ0) is 14.4. The Morgan fingerprint density at radius 3 is 2.80 bits per heavy atom. The van der Waals surface area contributed by atoms with E-state index in [1.807, 2.05) is 25.2 Å². The van der Waals surface area contributed by atoms with Gasteiger partial charge in [0.05, 0.1) is 12.6 Å². The summed E-state index contributed by atoms with van der Waals surface area (Å²) in [5.74, 6) is -0.0719. The second-order valence-corrected chi connectivity index (χ2v) is 5.54. The van der Waals surface area contributed by atoms with Gasteiger partial charge in [-0.05, 0) is 11.4 Å². The number of nitrogens with one attached hydrogen (secondary N) is 2. The number of amides is 1. The molecule has 2 N–H and O–H groups in total. The van der Waals surface area contributed by atoms with Crippen molar-refractivity contribution < 1.29 is 9.69 Å². The van der Waals surface area contributed by atoms with Gasteiger partial charge >= 0.3 is 0 Å². The van der Waals surface area contributed by atoms with Crippen LogP contribution in [0.1, 0.15) is 11.1 Å². The molecule has 102 valence electrons. The number of likely N-dealkylation sites (N-methyl/N-ethyl adjacent to an activating group) is 1. The molecule has 0 aliphatic carbocycles. The molecule has 4 nitrogen and oxygen atoms in total. The quantitative estimate of drug-likeness (QED) is 0.870. The molecule has 0 spiro atoms. The fourth-order valence-corrected chi connectivity index (χ4v) is 2.70. The molecule has 0 aliphatic rings. The van der Waals surface area contributed by atoms with Crippen LogP contribution in [0.5, 0.6) is 0 Å². The Bertz CT molecular complexity index is 616. The van der Waals surface area contributed by atoms with E-state index in [0.717, 1.165) is 11.4 Å². The Morgan fingerprint density at radius 2 is 2.10 bits per heavy atom. The van der Waals surface area contributed by atoms with Gasteiger partial charge in [-0.15, -0.1) is 11.3 Å². The van der Waals surface area contributed by atoms with Crippen molar-refractivity contribution in [1.82, 2.24) is 0 Å². The van der Waals surface area contributed by atoms with Gasteiger partial charge in [0.25, 0.3) is 5.91 Å². The lowest BCUT2D eigenvalue weighted by atomic mass is 10.2. The third kappa shape index (κ3) is 3.92. The first-order chi connectivity index (χ1) is 9.69. The number of benzene rings is 1. The number of nitriles is 1. The van der Waals surface area contributed by atoms with Crippen LogP contribution in [-0.4, -0.2) is 19.5 Å². The Hall–Kier alpha value is -2.16. The van der Waals surface area contributed by atoms with Gasteiger partial charge in [0.15, 0.2) is 6.54 Å². The van der Waals surface area contributed by atoms with Crippen LogP contribution < -0.4 is 10.2 Å². The van der Waals surface area contributed by atoms with Crippen molar-refractivity contribution in [2.24, 2.45) is 0 Å². The number of quaternary nitrogens is 1. The van der Waals surface area contributed by atoms with E-state index in [0.29, 0.717) is 17.1 Å². The molecule has 0 aliphatic heterocycles. The second-order valence-electron chi connectivity index (χ2n) is 4.62. The molecule has 20 heavy (non-hydrogen) atoms. The summed E-state index contributed by atoms with van der Waals surface area (Å²) < 4.78 is 0. The average molecular weight is 286 g/mol. The summed E-state index contributed by atoms with van der Waals surface area (Å²) in [5, 5.41) is 14.1. The van der Waals surface area contributed by atoms with E-state index in [2.05, 4.69) is 23.5 Å². The van der Waals surface area contributed by atoms with Crippen LogP contribution in [0.4, 0.5) is 5.00 Å². The Morgan fingerprint density at radius 1 is 1.35 bits per heavy atom. The van der Waals surface area contributed by atoms with Gasteiger partial charge in [-0.1, -0.05) is 30.3 Å². The first-order valence-corrected chi connectivity index (χ1v) is 7.19. The summed E-state index contributed by atoms with van der Waals surface area (Å²) in [4.78, 5) is 13.0. The molecule has 0 saturated carbocycles. The highest BCUT2D eigenvalue weighted by molar-refractivity contribution is 7.14. The van der Waals surface area contributed by atoms with Crippen molar-refractivity contribution in [3.63, 3.8) is 0 Å². The zero-order valence-corrected chi connectivity index (χ0v) is 12.0. The molecular formula is C15H16N3OS+. The molecule has 0 fully saturated rings. The molecule has 0 radical (unpaired) electrons. The number of carbonyl (C=O) groups is 1. The number of nitrogens with zero attached hydrogens (tertiary/aromatic N) is 1. The van der Waals surface area contributed by atoms with E-state index in [4.69, 9.17) is 5.26 Å². The molecule has 1 atom stereocenters. The molecule has 1 heterocycles. The van der Waals surface area contributed by atoms with Gasteiger partial charge in [-0.3, -0.25) is 4.79 Å². The highest BCUT2D eigenvalue weighted by atomic mass is 32.1. The molecular weight excluding hydrogens is 270 g/mol. The number of thiophene rings is 1. The lowest BCUT2D eigenvalue weighted by Gasteiger charge is -2.13. The second kappa shape index (κ2) is 6.85. The standard InChI is InChI=1S/C15H15N3OS/c1-18(10-12-5-3-2-4-6-12)11-14(19)17-15-13(9-16)7-8-20-15/h2-8H,10-11H2,1H3,(H,17,19)/p+1. The van der Waals surface area contributed by atoms with Crippen molar-refractivity contribution in [2.45, 2.75) is 6.54 Å². The van der Waals surface area contributed by atoms with Crippen LogP contribution in [-0.2, 0) is 11.3 Å². The van der Waals surface area contributed by atoms with Crippen LogP contribution >= 0.6 is 11.3 Å². The van der Waals surface area contributed by atoms with E-state index in [1.54, 1.807) is 11.4 Å². The van der Waals surface area contributed by atoms with E-state index >= 15 is 0 Å². The number of hydrogen-bond acceptors (Lipinski definition) is 3. The maximum absolute atomic E-state index is 11.9. The minimum absolute atomic E-state index is 0.0719. The minimum Gasteiger partial charge on any atom is -0.326 e. The third-order valence-corrected chi connectivity index (χ3v) is 3.68. The average Bonchev–Trinajstić information content (AvgIpc) is 2.86. The molecule has 1 aromatic carbocycles. The normalized spacial score (nSPS) is 11.6. The SMILES string of the molecule is C[NH+](CC(=O)Nc1sccc1C#N)Cc1ccccc1. The van der Waals surface area contributed by atoms with Gasteiger partial charge in [0.2, 0.25) is 0 Å². The molecule has 5 heteroatoms. The van der Waals surface area contributed by atoms with Crippen LogP contribution in [0.2, 0.25) is 0 Å². The lowest BCUT2D eigenvalue weighted by Crippen LogP contribution is -3.08. The van der Waals surface area contributed by atoms with Crippen molar-refractivity contribution >= 4 is 22.2 Å². The van der Waals surface area contributed by atoms with Crippen LogP contribution in [0.25, 0.3) is 0 Å². The van der Waals surface area contributed by atoms with Gasteiger partial charge < -0.3 is 10.2 Å². The number of hydrogen-bond donors (Lipinski definition) is 2. The summed E-state index contributed by atoms with van der Waals surface area (Å²) in [6.45, 7) is 1.17. The molecule has 1 amide bonds. The molecule has 2 rings (SSSR count). The first-order valence-electron chi connectivity index (χ1n) is 6.31. The van der Waals surface area contributed by atoms with Gasteiger partial charge in [0, 0.05) is 5.56 Å². The van der Waals surface area contributed by atoms with Crippen LogP contribution in [0.3, 0.4) is 0 Å². The number of rotatable bonds is 5.